The van der Waals surface area contributed by atoms with Gasteiger partial charge in [-0.1, -0.05) is 30.3 Å². The van der Waals surface area contributed by atoms with Gasteiger partial charge < -0.3 is 19.8 Å². The molecule has 0 bridgehead atoms. The largest absolute Gasteiger partial charge is 0.497 e. The fourth-order valence-electron chi connectivity index (χ4n) is 3.05. The Morgan fingerprint density at radius 3 is 2.55 bits per heavy atom. The number of benzene rings is 2. The predicted molar refractivity (Wildman–Crippen MR) is 108 cm³/mol. The molecule has 0 aliphatic heterocycles. The minimum absolute atomic E-state index is 0.177. The molecule has 0 saturated heterocycles. The molecule has 0 unspecified atom stereocenters. The first-order valence-electron chi connectivity index (χ1n) is 9.24. The second-order valence-electron chi connectivity index (χ2n) is 6.41. The minimum Gasteiger partial charge on any atom is -0.497 e. The van der Waals surface area contributed by atoms with Crippen molar-refractivity contribution in [2.24, 2.45) is 0 Å². The number of Topliss-reactive ketones (excluding diaryl/α,β-unsaturated/α-hetero) is 1. The Balaban J connectivity index is 1.81. The van der Waals surface area contributed by atoms with Gasteiger partial charge >= 0.3 is 5.97 Å². The quantitative estimate of drug-likeness (QED) is 0.348. The fraction of sp³-hybridized carbons (Fsp3) is 0.227. The van der Waals surface area contributed by atoms with E-state index in [-0.39, 0.29) is 18.6 Å². The third-order valence-corrected chi connectivity index (χ3v) is 4.50. The number of ketones is 1. The average molecular weight is 394 g/mol. The van der Waals surface area contributed by atoms with Crippen LogP contribution < -0.4 is 10.1 Å². The smallest absolute Gasteiger partial charge is 0.328 e. The standard InChI is InChI=1S/C22H22N2O5/c1-3-29-22(27)19(11-14-7-5-4-6-8-14)24-21(26)20(25)17-13-23-18-10-9-15(28-2)12-16(17)18/h4-10,12-13,19,23H,3,11H2,1-2H3,(H,24,26)/t19-/m0/s1. The van der Waals surface area contributed by atoms with E-state index in [1.54, 1.807) is 25.1 Å². The number of hydrogen-bond donors (Lipinski definition) is 2. The van der Waals surface area contributed by atoms with Crippen molar-refractivity contribution in [2.45, 2.75) is 19.4 Å². The molecule has 3 rings (SSSR count). The van der Waals surface area contributed by atoms with E-state index in [2.05, 4.69) is 10.3 Å². The maximum Gasteiger partial charge on any atom is 0.328 e. The monoisotopic (exact) mass is 394 g/mol. The van der Waals surface area contributed by atoms with Crippen molar-refractivity contribution in [3.63, 3.8) is 0 Å². The number of aromatic amines is 1. The molecule has 1 atom stereocenters. The summed E-state index contributed by atoms with van der Waals surface area (Å²) in [6, 6.07) is 13.4. The summed E-state index contributed by atoms with van der Waals surface area (Å²) in [7, 11) is 1.52. The minimum atomic E-state index is -0.964. The van der Waals surface area contributed by atoms with E-state index in [1.807, 2.05) is 30.3 Å². The molecule has 150 valence electrons. The SMILES string of the molecule is CCOC(=O)[C@H](Cc1ccccc1)NC(=O)C(=O)c1c[nH]c2ccc(OC)cc12. The maximum atomic E-state index is 12.8. The van der Waals surface area contributed by atoms with Crippen molar-refractivity contribution in [1.82, 2.24) is 10.3 Å². The number of carbonyl (C=O) groups is 3. The number of hydrogen-bond acceptors (Lipinski definition) is 5. The van der Waals surface area contributed by atoms with Crippen LogP contribution >= 0.6 is 0 Å². The number of fused-ring (bicyclic) bond motifs is 1. The van der Waals surface area contributed by atoms with Gasteiger partial charge in [-0.25, -0.2) is 4.79 Å². The molecule has 0 aliphatic carbocycles. The summed E-state index contributed by atoms with van der Waals surface area (Å²) in [6.07, 6.45) is 1.70. The van der Waals surface area contributed by atoms with Crippen LogP contribution in [0.5, 0.6) is 5.75 Å². The third-order valence-electron chi connectivity index (χ3n) is 4.50. The van der Waals surface area contributed by atoms with Gasteiger partial charge in [0.2, 0.25) is 0 Å². The van der Waals surface area contributed by atoms with Crippen LogP contribution in [-0.2, 0) is 20.7 Å². The molecular weight excluding hydrogens is 372 g/mol. The number of amides is 1. The number of nitrogens with one attached hydrogen (secondary N) is 2. The molecule has 1 heterocycles. The second-order valence-corrected chi connectivity index (χ2v) is 6.41. The van der Waals surface area contributed by atoms with Crippen LogP contribution in [0.15, 0.2) is 54.7 Å². The Morgan fingerprint density at radius 2 is 1.86 bits per heavy atom. The summed E-state index contributed by atoms with van der Waals surface area (Å²) in [5, 5.41) is 3.09. The van der Waals surface area contributed by atoms with Crippen molar-refractivity contribution in [2.75, 3.05) is 13.7 Å². The Bertz CT molecular complexity index is 1030. The molecule has 0 aliphatic rings. The van der Waals surface area contributed by atoms with Gasteiger partial charge in [-0.05, 0) is 30.7 Å². The molecule has 7 heteroatoms. The lowest BCUT2D eigenvalue weighted by atomic mass is 10.0. The molecule has 1 amide bonds. The van der Waals surface area contributed by atoms with Gasteiger partial charge in [-0.15, -0.1) is 0 Å². The van der Waals surface area contributed by atoms with Gasteiger partial charge in [0.25, 0.3) is 11.7 Å². The van der Waals surface area contributed by atoms with Crippen LogP contribution in [0.4, 0.5) is 0 Å². The lowest BCUT2D eigenvalue weighted by molar-refractivity contribution is -0.146. The van der Waals surface area contributed by atoms with Gasteiger partial charge in [0.05, 0.1) is 19.3 Å². The van der Waals surface area contributed by atoms with Crippen LogP contribution in [0.1, 0.15) is 22.8 Å². The second kappa shape index (κ2) is 9.05. The zero-order valence-corrected chi connectivity index (χ0v) is 16.2. The molecule has 3 aromatic rings. The first-order valence-corrected chi connectivity index (χ1v) is 9.24. The molecule has 1 aromatic heterocycles. The number of aromatic nitrogens is 1. The highest BCUT2D eigenvalue weighted by Crippen LogP contribution is 2.24. The van der Waals surface area contributed by atoms with Crippen LogP contribution in [0, 0.1) is 0 Å². The summed E-state index contributed by atoms with van der Waals surface area (Å²) < 4.78 is 10.2. The molecule has 29 heavy (non-hydrogen) atoms. The van der Waals surface area contributed by atoms with E-state index in [9.17, 15) is 14.4 Å². The maximum absolute atomic E-state index is 12.8. The van der Waals surface area contributed by atoms with Crippen molar-refractivity contribution in [1.29, 1.82) is 0 Å². The van der Waals surface area contributed by atoms with E-state index in [0.29, 0.717) is 16.7 Å². The van der Waals surface area contributed by atoms with Crippen molar-refractivity contribution >= 4 is 28.6 Å². The number of carbonyl (C=O) groups excluding carboxylic acids is 3. The van der Waals surface area contributed by atoms with Crippen LogP contribution in [0.2, 0.25) is 0 Å². The van der Waals surface area contributed by atoms with E-state index < -0.39 is 23.7 Å². The van der Waals surface area contributed by atoms with Crippen LogP contribution in [0.3, 0.4) is 0 Å². The zero-order chi connectivity index (χ0) is 20.8. The van der Waals surface area contributed by atoms with Crippen molar-refractivity contribution in [3.05, 3.63) is 65.9 Å². The Kier molecular flexibility index (Phi) is 6.29. The number of ether oxygens (including phenoxy) is 2. The fourth-order valence-corrected chi connectivity index (χ4v) is 3.05. The Labute approximate surface area is 168 Å². The van der Waals surface area contributed by atoms with E-state index in [4.69, 9.17) is 9.47 Å². The summed E-state index contributed by atoms with van der Waals surface area (Å²) in [4.78, 5) is 40.7. The first-order chi connectivity index (χ1) is 14.0. The summed E-state index contributed by atoms with van der Waals surface area (Å²) >= 11 is 0. The summed E-state index contributed by atoms with van der Waals surface area (Å²) in [5.74, 6) is -1.63. The van der Waals surface area contributed by atoms with Crippen molar-refractivity contribution in [3.8, 4) is 5.75 Å². The van der Waals surface area contributed by atoms with Crippen molar-refractivity contribution < 1.29 is 23.9 Å². The van der Waals surface area contributed by atoms with Crippen LogP contribution in [0.25, 0.3) is 10.9 Å². The number of rotatable bonds is 8. The Hall–Kier alpha value is -3.61. The molecule has 0 spiro atoms. The van der Waals surface area contributed by atoms with Gasteiger partial charge in [0.1, 0.15) is 11.8 Å². The first kappa shape index (κ1) is 20.1. The topological polar surface area (TPSA) is 97.5 Å². The molecule has 0 saturated carbocycles. The normalized spacial score (nSPS) is 11.7. The highest BCUT2D eigenvalue weighted by Gasteiger charge is 2.27. The molecule has 0 fully saturated rings. The average Bonchev–Trinajstić information content (AvgIpc) is 3.16. The summed E-state index contributed by atoms with van der Waals surface area (Å²) in [5.41, 5.74) is 1.75. The molecule has 0 radical (unpaired) electrons. The summed E-state index contributed by atoms with van der Waals surface area (Å²) in [6.45, 7) is 1.86. The molecule has 2 aromatic carbocycles. The van der Waals surface area contributed by atoms with Gasteiger partial charge in [-0.2, -0.15) is 0 Å². The van der Waals surface area contributed by atoms with Gasteiger partial charge in [-0.3, -0.25) is 9.59 Å². The van der Waals surface area contributed by atoms with Gasteiger partial charge in [0.15, 0.2) is 0 Å². The molecular formula is C22H22N2O5. The number of esters is 1. The van der Waals surface area contributed by atoms with Crippen LogP contribution in [-0.4, -0.2) is 42.4 Å². The number of methoxy groups -OCH3 is 1. The lowest BCUT2D eigenvalue weighted by Crippen LogP contribution is -2.46. The van der Waals surface area contributed by atoms with E-state index >= 15 is 0 Å². The predicted octanol–water partition coefficient (Wildman–Crippen LogP) is 2.65. The van der Waals surface area contributed by atoms with E-state index in [0.717, 1.165) is 5.56 Å². The Morgan fingerprint density at radius 1 is 1.10 bits per heavy atom. The van der Waals surface area contributed by atoms with E-state index in [1.165, 1.54) is 13.3 Å². The molecule has 2 N–H and O–H groups in total. The highest BCUT2D eigenvalue weighted by atomic mass is 16.5. The third kappa shape index (κ3) is 4.63. The lowest BCUT2D eigenvalue weighted by Gasteiger charge is -2.17. The van der Waals surface area contributed by atoms with Gasteiger partial charge in [0, 0.05) is 23.5 Å². The number of H-pyrrole nitrogens is 1. The highest BCUT2D eigenvalue weighted by molar-refractivity contribution is 6.45. The molecule has 7 nitrogen and oxygen atoms in total. The zero-order valence-electron chi connectivity index (χ0n) is 16.2.